The maximum absolute atomic E-state index is 10.7. The molecular formula is C8H15NO4S. The van der Waals surface area contributed by atoms with Gasteiger partial charge >= 0.3 is 11.9 Å². The third-order valence-corrected chi connectivity index (χ3v) is 3.01. The van der Waals surface area contributed by atoms with Crippen molar-refractivity contribution in [3.05, 3.63) is 0 Å². The smallest absolute Gasteiger partial charge is 0.321 e. The van der Waals surface area contributed by atoms with Crippen molar-refractivity contribution in [2.24, 2.45) is 5.73 Å². The molecule has 0 aromatic rings. The topological polar surface area (TPSA) is 101 Å². The number of aliphatic carboxylic acids is 2. The van der Waals surface area contributed by atoms with E-state index in [1.807, 2.05) is 6.92 Å². The van der Waals surface area contributed by atoms with Crippen molar-refractivity contribution >= 4 is 23.7 Å². The molecule has 0 aliphatic carbocycles. The zero-order valence-corrected chi connectivity index (χ0v) is 8.79. The molecule has 0 bridgehead atoms. The Bertz CT molecular complexity index is 210. The number of hydrogen-bond acceptors (Lipinski definition) is 4. The highest BCUT2D eigenvalue weighted by Crippen LogP contribution is 2.17. The minimum Gasteiger partial charge on any atom is -0.480 e. The molecular weight excluding hydrogens is 206 g/mol. The zero-order chi connectivity index (χ0) is 11.1. The first-order chi connectivity index (χ1) is 6.49. The molecule has 1 unspecified atom stereocenters. The summed E-state index contributed by atoms with van der Waals surface area (Å²) in [5.74, 6) is -1.88. The lowest BCUT2D eigenvalue weighted by atomic mass is 10.2. The molecule has 0 saturated carbocycles. The van der Waals surface area contributed by atoms with Crippen LogP contribution in [0.3, 0.4) is 0 Å². The Kier molecular flexibility index (Phi) is 6.31. The molecule has 0 aliphatic rings. The van der Waals surface area contributed by atoms with E-state index in [1.54, 1.807) is 0 Å². The van der Waals surface area contributed by atoms with Crippen molar-refractivity contribution in [1.82, 2.24) is 0 Å². The minimum absolute atomic E-state index is 0.131. The Morgan fingerprint density at radius 2 is 1.93 bits per heavy atom. The maximum Gasteiger partial charge on any atom is 0.321 e. The zero-order valence-electron chi connectivity index (χ0n) is 7.97. The number of carboxylic acid groups (broad SMARTS) is 2. The molecule has 0 aromatic heterocycles. The van der Waals surface area contributed by atoms with E-state index in [0.717, 1.165) is 18.2 Å². The first kappa shape index (κ1) is 13.2. The summed E-state index contributed by atoms with van der Waals surface area (Å²) in [4.78, 5) is 21.0. The molecule has 0 radical (unpaired) electrons. The normalized spacial score (nSPS) is 14.7. The van der Waals surface area contributed by atoms with Gasteiger partial charge in [-0.3, -0.25) is 9.59 Å². The molecule has 2 atom stereocenters. The standard InChI is InChI=1S/C8H15NO4S/c1-2-3-6(8(12)13)14-4-5(9)7(10)11/h5-6H,2-4,9H2,1H3,(H,10,11)(H,12,13)/t5-,6?/m0/s1. The summed E-state index contributed by atoms with van der Waals surface area (Å²) in [5.41, 5.74) is 5.25. The van der Waals surface area contributed by atoms with Gasteiger partial charge in [-0.25, -0.2) is 0 Å². The van der Waals surface area contributed by atoms with Gasteiger partial charge in [-0.05, 0) is 6.42 Å². The van der Waals surface area contributed by atoms with Gasteiger partial charge in [-0.1, -0.05) is 13.3 Å². The average Bonchev–Trinajstić information content (AvgIpc) is 2.10. The summed E-state index contributed by atoms with van der Waals surface area (Å²) in [6.07, 6.45) is 1.29. The van der Waals surface area contributed by atoms with Crippen LogP contribution < -0.4 is 5.73 Å². The molecule has 0 aliphatic heterocycles. The number of carboxylic acids is 2. The summed E-state index contributed by atoms with van der Waals surface area (Å²) in [7, 11) is 0. The fraction of sp³-hybridized carbons (Fsp3) is 0.750. The molecule has 0 fully saturated rings. The van der Waals surface area contributed by atoms with Gasteiger partial charge in [-0.15, -0.1) is 11.8 Å². The molecule has 6 heteroatoms. The Morgan fingerprint density at radius 3 is 2.29 bits per heavy atom. The first-order valence-corrected chi connectivity index (χ1v) is 5.36. The van der Waals surface area contributed by atoms with Crippen LogP contribution in [0.1, 0.15) is 19.8 Å². The minimum atomic E-state index is -1.10. The molecule has 0 amide bonds. The van der Waals surface area contributed by atoms with Crippen molar-refractivity contribution in [3.63, 3.8) is 0 Å². The maximum atomic E-state index is 10.7. The van der Waals surface area contributed by atoms with E-state index in [1.165, 1.54) is 0 Å². The second kappa shape index (κ2) is 6.67. The number of hydrogen-bond donors (Lipinski definition) is 3. The van der Waals surface area contributed by atoms with E-state index in [9.17, 15) is 9.59 Å². The predicted molar refractivity (Wildman–Crippen MR) is 54.4 cm³/mol. The van der Waals surface area contributed by atoms with Gasteiger partial charge in [0.25, 0.3) is 0 Å². The predicted octanol–water partition coefficient (Wildman–Crippen LogP) is 0.385. The summed E-state index contributed by atoms with van der Waals surface area (Å²) >= 11 is 1.09. The SMILES string of the molecule is CCCC(SC[C@H](N)C(=O)O)C(=O)O. The van der Waals surface area contributed by atoms with E-state index < -0.39 is 23.2 Å². The van der Waals surface area contributed by atoms with Crippen molar-refractivity contribution in [1.29, 1.82) is 0 Å². The first-order valence-electron chi connectivity index (χ1n) is 4.31. The molecule has 0 rings (SSSR count). The van der Waals surface area contributed by atoms with Crippen LogP contribution in [0.15, 0.2) is 0 Å². The van der Waals surface area contributed by atoms with Crippen molar-refractivity contribution < 1.29 is 19.8 Å². The molecule has 82 valence electrons. The second-order valence-electron chi connectivity index (χ2n) is 2.89. The Labute approximate surface area is 86.7 Å². The largest absolute Gasteiger partial charge is 0.480 e. The van der Waals surface area contributed by atoms with Gasteiger partial charge < -0.3 is 15.9 Å². The van der Waals surface area contributed by atoms with Crippen LogP contribution in [0.5, 0.6) is 0 Å². The highest BCUT2D eigenvalue weighted by Gasteiger charge is 2.20. The van der Waals surface area contributed by atoms with Gasteiger partial charge in [0.2, 0.25) is 0 Å². The Balaban J connectivity index is 3.93. The number of nitrogens with two attached hydrogens (primary N) is 1. The van der Waals surface area contributed by atoms with Crippen molar-refractivity contribution in [2.45, 2.75) is 31.1 Å². The molecule has 5 nitrogen and oxygen atoms in total. The number of thioether (sulfide) groups is 1. The van der Waals surface area contributed by atoms with Crippen LogP contribution in [0, 0.1) is 0 Å². The third kappa shape index (κ3) is 5.08. The van der Waals surface area contributed by atoms with Gasteiger partial charge in [0.15, 0.2) is 0 Å². The number of carbonyl (C=O) groups is 2. The van der Waals surface area contributed by atoms with Crippen molar-refractivity contribution in [2.75, 3.05) is 5.75 Å². The van der Waals surface area contributed by atoms with Crippen molar-refractivity contribution in [3.8, 4) is 0 Å². The fourth-order valence-electron chi connectivity index (χ4n) is 0.831. The van der Waals surface area contributed by atoms with E-state index in [-0.39, 0.29) is 5.75 Å². The Morgan fingerprint density at radius 1 is 1.36 bits per heavy atom. The van der Waals surface area contributed by atoms with Crippen LogP contribution >= 0.6 is 11.8 Å². The molecule has 4 N–H and O–H groups in total. The highest BCUT2D eigenvalue weighted by molar-refractivity contribution is 8.00. The van der Waals surface area contributed by atoms with Gasteiger partial charge in [0, 0.05) is 5.75 Å². The van der Waals surface area contributed by atoms with E-state index in [0.29, 0.717) is 6.42 Å². The lowest BCUT2D eigenvalue weighted by Gasteiger charge is -2.12. The van der Waals surface area contributed by atoms with Crippen LogP contribution in [0.2, 0.25) is 0 Å². The molecule has 14 heavy (non-hydrogen) atoms. The molecule has 0 spiro atoms. The van der Waals surface area contributed by atoms with Crippen LogP contribution in [0.4, 0.5) is 0 Å². The Hall–Kier alpha value is -0.750. The molecule has 0 aromatic carbocycles. The summed E-state index contributed by atoms with van der Waals surface area (Å²) in [5, 5.41) is 16.7. The average molecular weight is 221 g/mol. The van der Waals surface area contributed by atoms with E-state index in [4.69, 9.17) is 15.9 Å². The monoisotopic (exact) mass is 221 g/mol. The number of rotatable bonds is 7. The second-order valence-corrected chi connectivity index (χ2v) is 4.13. The fourth-order valence-corrected chi connectivity index (χ4v) is 1.96. The summed E-state index contributed by atoms with van der Waals surface area (Å²) in [6, 6.07) is -0.987. The van der Waals surface area contributed by atoms with Crippen LogP contribution in [-0.2, 0) is 9.59 Å². The van der Waals surface area contributed by atoms with Crippen LogP contribution in [0.25, 0.3) is 0 Å². The summed E-state index contributed by atoms with van der Waals surface area (Å²) in [6.45, 7) is 1.88. The highest BCUT2D eigenvalue weighted by atomic mass is 32.2. The van der Waals surface area contributed by atoms with E-state index >= 15 is 0 Å². The third-order valence-electron chi connectivity index (χ3n) is 1.62. The lowest BCUT2D eigenvalue weighted by Crippen LogP contribution is -2.34. The van der Waals surface area contributed by atoms with Gasteiger partial charge in [-0.2, -0.15) is 0 Å². The molecule has 0 heterocycles. The lowest BCUT2D eigenvalue weighted by molar-refractivity contribution is -0.138. The van der Waals surface area contributed by atoms with Gasteiger partial charge in [0.05, 0.1) is 0 Å². The quantitative estimate of drug-likeness (QED) is 0.574. The van der Waals surface area contributed by atoms with Gasteiger partial charge in [0.1, 0.15) is 11.3 Å². The van der Waals surface area contributed by atoms with E-state index in [2.05, 4.69) is 0 Å². The summed E-state index contributed by atoms with van der Waals surface area (Å²) < 4.78 is 0. The van der Waals surface area contributed by atoms with Crippen LogP contribution in [-0.4, -0.2) is 39.2 Å². The molecule has 0 saturated heterocycles.